The molecule has 0 spiro atoms. The lowest BCUT2D eigenvalue weighted by atomic mass is 10.3. The summed E-state index contributed by atoms with van der Waals surface area (Å²) < 4.78 is 9.66. The lowest BCUT2D eigenvalue weighted by Gasteiger charge is -2.05. The molecule has 0 atom stereocenters. The highest BCUT2D eigenvalue weighted by molar-refractivity contribution is 6.32. The maximum Gasteiger partial charge on any atom is 0.634 e. The molecule has 0 aliphatic heterocycles. The first-order valence-electron chi connectivity index (χ1n) is 3.94. The second kappa shape index (κ2) is 5.58. The van der Waals surface area contributed by atoms with E-state index in [9.17, 15) is 0 Å². The van der Waals surface area contributed by atoms with Gasteiger partial charge in [-0.05, 0) is 12.1 Å². The zero-order valence-corrected chi connectivity index (χ0v) is 7.09. The van der Waals surface area contributed by atoms with Crippen molar-refractivity contribution in [3.8, 4) is 5.75 Å². The molecule has 0 fully saturated rings. The molecular weight excluding hydrogens is 171 g/mol. The highest BCUT2D eigenvalue weighted by atomic mass is 16.6. The van der Waals surface area contributed by atoms with Crippen molar-refractivity contribution in [2.45, 2.75) is 0 Å². The lowest BCUT2D eigenvalue weighted by molar-refractivity contribution is 0.149. The van der Waals surface area contributed by atoms with Crippen LogP contribution in [0.4, 0.5) is 0 Å². The summed E-state index contributed by atoms with van der Waals surface area (Å²) in [6, 6.07) is 9.24. The van der Waals surface area contributed by atoms with Gasteiger partial charge in [-0.1, -0.05) is 18.2 Å². The molecule has 0 saturated heterocycles. The Morgan fingerprint density at radius 3 is 2.38 bits per heavy atom. The molecule has 13 heavy (non-hydrogen) atoms. The Morgan fingerprint density at radius 1 is 1.08 bits per heavy atom. The largest absolute Gasteiger partial charge is 0.634 e. The third kappa shape index (κ3) is 4.52. The van der Waals surface area contributed by atoms with E-state index < -0.39 is 7.32 Å². The summed E-state index contributed by atoms with van der Waals surface area (Å²) in [5.41, 5.74) is 0. The van der Waals surface area contributed by atoms with E-state index in [0.717, 1.165) is 5.75 Å². The average Bonchev–Trinajstić information content (AvgIpc) is 2.14. The van der Waals surface area contributed by atoms with E-state index in [4.69, 9.17) is 14.8 Å². The molecular formula is C8H11BO4. The summed E-state index contributed by atoms with van der Waals surface area (Å²) in [5.74, 6) is 0.735. The molecule has 4 nitrogen and oxygen atoms in total. The Kier molecular flexibility index (Phi) is 4.32. The van der Waals surface area contributed by atoms with Crippen LogP contribution in [0.15, 0.2) is 30.3 Å². The van der Waals surface area contributed by atoms with E-state index in [1.807, 2.05) is 30.3 Å². The smallest absolute Gasteiger partial charge is 0.491 e. The zero-order valence-electron chi connectivity index (χ0n) is 7.09. The van der Waals surface area contributed by atoms with Crippen LogP contribution in [0.5, 0.6) is 5.75 Å². The first kappa shape index (κ1) is 10.0. The van der Waals surface area contributed by atoms with Gasteiger partial charge in [0.2, 0.25) is 0 Å². The number of benzene rings is 1. The van der Waals surface area contributed by atoms with Gasteiger partial charge in [0.25, 0.3) is 0 Å². The lowest BCUT2D eigenvalue weighted by Crippen LogP contribution is -2.20. The van der Waals surface area contributed by atoms with Crippen molar-refractivity contribution in [2.24, 2.45) is 0 Å². The Balaban J connectivity index is 2.13. The molecule has 1 aromatic carbocycles. The van der Waals surface area contributed by atoms with Crippen molar-refractivity contribution in [3.05, 3.63) is 30.3 Å². The minimum absolute atomic E-state index is 0.145. The molecule has 0 aliphatic rings. The number of hydrogen-bond donors (Lipinski definition) is 2. The van der Waals surface area contributed by atoms with Crippen molar-refractivity contribution in [2.75, 3.05) is 13.2 Å². The predicted molar refractivity (Wildman–Crippen MR) is 48.1 cm³/mol. The van der Waals surface area contributed by atoms with Gasteiger partial charge < -0.3 is 19.4 Å². The minimum atomic E-state index is -1.72. The van der Waals surface area contributed by atoms with Crippen LogP contribution in [-0.2, 0) is 4.65 Å². The molecule has 70 valence electrons. The van der Waals surface area contributed by atoms with E-state index in [0.29, 0.717) is 6.61 Å². The molecule has 0 saturated carbocycles. The Morgan fingerprint density at radius 2 is 1.77 bits per heavy atom. The van der Waals surface area contributed by atoms with E-state index in [1.165, 1.54) is 0 Å². The van der Waals surface area contributed by atoms with Crippen molar-refractivity contribution < 1.29 is 19.4 Å². The maximum absolute atomic E-state index is 8.33. The Bertz CT molecular complexity index is 227. The summed E-state index contributed by atoms with van der Waals surface area (Å²) in [5, 5.41) is 16.7. The summed E-state index contributed by atoms with van der Waals surface area (Å²) in [6.07, 6.45) is 0. The fraction of sp³-hybridized carbons (Fsp3) is 0.250. The van der Waals surface area contributed by atoms with Crippen LogP contribution in [0.25, 0.3) is 0 Å². The van der Waals surface area contributed by atoms with E-state index in [2.05, 4.69) is 4.65 Å². The van der Waals surface area contributed by atoms with Crippen molar-refractivity contribution >= 4 is 7.32 Å². The van der Waals surface area contributed by atoms with Gasteiger partial charge in [0, 0.05) is 0 Å². The number of rotatable bonds is 5. The molecule has 1 aromatic rings. The quantitative estimate of drug-likeness (QED) is 0.499. The summed E-state index contributed by atoms with van der Waals surface area (Å²) in [4.78, 5) is 0. The Labute approximate surface area is 76.9 Å². The van der Waals surface area contributed by atoms with Crippen LogP contribution >= 0.6 is 0 Å². The zero-order chi connectivity index (χ0) is 9.52. The maximum atomic E-state index is 8.33. The van der Waals surface area contributed by atoms with Gasteiger partial charge in [-0.25, -0.2) is 0 Å². The first-order valence-corrected chi connectivity index (χ1v) is 3.94. The second-order valence-electron chi connectivity index (χ2n) is 2.36. The van der Waals surface area contributed by atoms with Gasteiger partial charge in [-0.3, -0.25) is 0 Å². The number of hydrogen-bond acceptors (Lipinski definition) is 4. The van der Waals surface area contributed by atoms with Crippen LogP contribution in [0.1, 0.15) is 0 Å². The average molecular weight is 182 g/mol. The van der Waals surface area contributed by atoms with Gasteiger partial charge in [0.15, 0.2) is 0 Å². The summed E-state index contributed by atoms with van der Waals surface area (Å²) >= 11 is 0. The predicted octanol–water partition coefficient (Wildman–Crippen LogP) is 0.0515. The standard InChI is InChI=1S/C8H11BO4/c10-9(11)13-7-6-12-8-4-2-1-3-5-8/h1-5,10-11H,6-7H2. The first-order chi connectivity index (χ1) is 6.29. The molecule has 2 N–H and O–H groups in total. The van der Waals surface area contributed by atoms with E-state index in [-0.39, 0.29) is 6.61 Å². The fourth-order valence-electron chi connectivity index (χ4n) is 0.830. The van der Waals surface area contributed by atoms with Crippen LogP contribution in [-0.4, -0.2) is 30.6 Å². The number of para-hydroxylation sites is 1. The van der Waals surface area contributed by atoms with Gasteiger partial charge in [0.1, 0.15) is 12.4 Å². The highest BCUT2D eigenvalue weighted by Crippen LogP contribution is 2.07. The van der Waals surface area contributed by atoms with E-state index >= 15 is 0 Å². The van der Waals surface area contributed by atoms with E-state index in [1.54, 1.807) is 0 Å². The van der Waals surface area contributed by atoms with Gasteiger partial charge in [-0.15, -0.1) is 0 Å². The minimum Gasteiger partial charge on any atom is -0.491 e. The normalized spacial score (nSPS) is 9.69. The molecule has 0 aliphatic carbocycles. The molecule has 0 aromatic heterocycles. The van der Waals surface area contributed by atoms with Crippen LogP contribution in [0.3, 0.4) is 0 Å². The van der Waals surface area contributed by atoms with Crippen LogP contribution < -0.4 is 4.74 Å². The number of ether oxygens (including phenoxy) is 1. The van der Waals surface area contributed by atoms with Gasteiger partial charge >= 0.3 is 7.32 Å². The summed E-state index contributed by atoms with van der Waals surface area (Å²) in [7, 11) is -1.72. The second-order valence-corrected chi connectivity index (χ2v) is 2.36. The van der Waals surface area contributed by atoms with Crippen LogP contribution in [0, 0.1) is 0 Å². The molecule has 0 amide bonds. The molecule has 0 bridgehead atoms. The van der Waals surface area contributed by atoms with Crippen molar-refractivity contribution in [3.63, 3.8) is 0 Å². The molecule has 0 heterocycles. The molecule has 0 unspecified atom stereocenters. The SMILES string of the molecule is OB(O)OCCOc1ccccc1. The molecule has 0 radical (unpaired) electrons. The Hall–Kier alpha value is -1.04. The van der Waals surface area contributed by atoms with Gasteiger partial charge in [0.05, 0.1) is 6.61 Å². The highest BCUT2D eigenvalue weighted by Gasteiger charge is 2.06. The molecule has 1 rings (SSSR count). The fourth-order valence-corrected chi connectivity index (χ4v) is 0.830. The topological polar surface area (TPSA) is 58.9 Å². The van der Waals surface area contributed by atoms with Crippen LogP contribution in [0.2, 0.25) is 0 Å². The monoisotopic (exact) mass is 182 g/mol. The molecule has 5 heteroatoms. The van der Waals surface area contributed by atoms with Crippen molar-refractivity contribution in [1.29, 1.82) is 0 Å². The summed E-state index contributed by atoms with van der Waals surface area (Å²) in [6.45, 7) is 0.439. The van der Waals surface area contributed by atoms with Crippen molar-refractivity contribution in [1.82, 2.24) is 0 Å². The third-order valence-electron chi connectivity index (χ3n) is 1.36. The van der Waals surface area contributed by atoms with Gasteiger partial charge in [-0.2, -0.15) is 0 Å². The third-order valence-corrected chi connectivity index (χ3v) is 1.36.